The Morgan fingerprint density at radius 3 is 2.67 bits per heavy atom. The minimum absolute atomic E-state index is 0.102. The largest absolute Gasteiger partial charge is 0.366 e. The highest BCUT2D eigenvalue weighted by molar-refractivity contribution is 7.98. The Kier molecular flexibility index (Phi) is 4.44. The number of thioether (sulfide) groups is 1. The third-order valence-electron chi connectivity index (χ3n) is 2.83. The molecule has 0 fully saturated rings. The normalized spacial score (nSPS) is 10.1. The van der Waals surface area contributed by atoms with Crippen LogP contribution in [0.3, 0.4) is 0 Å². The van der Waals surface area contributed by atoms with E-state index in [1.165, 1.54) is 18.2 Å². The lowest BCUT2D eigenvalue weighted by molar-refractivity contribution is -0.383. The molecule has 0 unspecified atom stereocenters. The molecule has 0 saturated heterocycles. The van der Waals surface area contributed by atoms with E-state index in [4.69, 9.17) is 5.73 Å². The van der Waals surface area contributed by atoms with Crippen molar-refractivity contribution in [2.75, 3.05) is 11.6 Å². The van der Waals surface area contributed by atoms with Crippen LogP contribution in [0, 0.1) is 10.1 Å². The topological polar surface area (TPSA) is 98.3 Å². The van der Waals surface area contributed by atoms with Gasteiger partial charge in [0.25, 0.3) is 5.69 Å². The molecule has 0 atom stereocenters. The zero-order chi connectivity index (χ0) is 15.4. The number of amides is 1. The Balaban J connectivity index is 2.38. The molecular formula is C14H13N3O3S. The third-order valence-corrected chi connectivity index (χ3v) is 3.55. The van der Waals surface area contributed by atoms with Gasteiger partial charge in [-0.05, 0) is 36.6 Å². The number of benzene rings is 2. The Hall–Kier alpha value is -2.54. The summed E-state index contributed by atoms with van der Waals surface area (Å²) in [4.78, 5) is 22.7. The first kappa shape index (κ1) is 14.9. The summed E-state index contributed by atoms with van der Waals surface area (Å²) in [6.45, 7) is 0. The van der Waals surface area contributed by atoms with E-state index in [2.05, 4.69) is 5.32 Å². The highest BCUT2D eigenvalue weighted by atomic mass is 32.2. The van der Waals surface area contributed by atoms with E-state index in [-0.39, 0.29) is 11.3 Å². The van der Waals surface area contributed by atoms with Crippen molar-refractivity contribution in [2.24, 2.45) is 5.73 Å². The molecule has 7 heteroatoms. The number of hydrogen-bond acceptors (Lipinski definition) is 5. The van der Waals surface area contributed by atoms with Gasteiger partial charge in [-0.1, -0.05) is 6.07 Å². The minimum Gasteiger partial charge on any atom is -0.366 e. The van der Waals surface area contributed by atoms with Crippen molar-refractivity contribution in [1.82, 2.24) is 0 Å². The van der Waals surface area contributed by atoms with Gasteiger partial charge >= 0.3 is 0 Å². The van der Waals surface area contributed by atoms with Crippen LogP contribution in [0.2, 0.25) is 0 Å². The van der Waals surface area contributed by atoms with E-state index < -0.39 is 10.8 Å². The average Bonchev–Trinajstić information content (AvgIpc) is 2.47. The predicted octanol–water partition coefficient (Wildman–Crippen LogP) is 3.16. The molecule has 0 spiro atoms. The number of nitro benzene ring substituents is 1. The number of nitrogens with zero attached hydrogens (tertiary/aromatic N) is 1. The number of carbonyl (C=O) groups excluding carboxylic acids is 1. The van der Waals surface area contributed by atoms with Gasteiger partial charge in [0.05, 0.1) is 4.92 Å². The number of primary amides is 1. The summed E-state index contributed by atoms with van der Waals surface area (Å²) in [6, 6.07) is 11.6. The fraction of sp³-hybridized carbons (Fsp3) is 0.0714. The lowest BCUT2D eigenvalue weighted by Gasteiger charge is -2.09. The molecule has 2 rings (SSSR count). The Labute approximate surface area is 125 Å². The van der Waals surface area contributed by atoms with Gasteiger partial charge in [0.1, 0.15) is 5.69 Å². The van der Waals surface area contributed by atoms with Crippen molar-refractivity contribution in [1.29, 1.82) is 0 Å². The van der Waals surface area contributed by atoms with Crippen molar-refractivity contribution < 1.29 is 9.72 Å². The Bertz CT molecular complexity index is 704. The number of rotatable bonds is 5. The van der Waals surface area contributed by atoms with Gasteiger partial charge in [0, 0.05) is 22.2 Å². The molecule has 0 aromatic heterocycles. The molecule has 0 radical (unpaired) electrons. The van der Waals surface area contributed by atoms with Gasteiger partial charge in [-0.15, -0.1) is 11.8 Å². The lowest BCUT2D eigenvalue weighted by atomic mass is 10.1. The predicted molar refractivity (Wildman–Crippen MR) is 83.1 cm³/mol. The van der Waals surface area contributed by atoms with Crippen LogP contribution in [0.1, 0.15) is 10.4 Å². The molecule has 0 heterocycles. The van der Waals surface area contributed by atoms with Crippen LogP contribution in [-0.4, -0.2) is 17.1 Å². The second-order valence-corrected chi connectivity index (χ2v) is 5.09. The number of nitrogens with one attached hydrogen (secondary N) is 1. The maximum atomic E-state index is 11.1. The molecule has 21 heavy (non-hydrogen) atoms. The van der Waals surface area contributed by atoms with Gasteiger partial charge in [-0.2, -0.15) is 0 Å². The first-order valence-corrected chi connectivity index (χ1v) is 7.23. The molecule has 108 valence electrons. The van der Waals surface area contributed by atoms with Crippen LogP contribution in [0.25, 0.3) is 0 Å². The van der Waals surface area contributed by atoms with E-state index in [9.17, 15) is 14.9 Å². The molecule has 6 nitrogen and oxygen atoms in total. The average molecular weight is 303 g/mol. The summed E-state index contributed by atoms with van der Waals surface area (Å²) in [5, 5.41) is 14.1. The minimum atomic E-state index is -0.700. The second kappa shape index (κ2) is 6.27. The third kappa shape index (κ3) is 3.51. The van der Waals surface area contributed by atoms with Gasteiger partial charge in [-0.3, -0.25) is 14.9 Å². The molecule has 0 aliphatic rings. The van der Waals surface area contributed by atoms with Crippen LogP contribution in [0.5, 0.6) is 0 Å². The van der Waals surface area contributed by atoms with Crippen LogP contribution in [0.4, 0.5) is 17.1 Å². The molecule has 2 aromatic carbocycles. The van der Waals surface area contributed by atoms with Crippen molar-refractivity contribution >= 4 is 34.7 Å². The van der Waals surface area contributed by atoms with E-state index in [1.807, 2.05) is 30.5 Å². The van der Waals surface area contributed by atoms with Gasteiger partial charge in [0.2, 0.25) is 5.91 Å². The van der Waals surface area contributed by atoms with E-state index >= 15 is 0 Å². The molecule has 1 amide bonds. The van der Waals surface area contributed by atoms with Crippen LogP contribution in [0.15, 0.2) is 47.4 Å². The first-order valence-electron chi connectivity index (χ1n) is 6.00. The Morgan fingerprint density at radius 2 is 2.05 bits per heavy atom. The summed E-state index contributed by atoms with van der Waals surface area (Å²) in [6.07, 6.45) is 1.95. The van der Waals surface area contributed by atoms with Gasteiger partial charge in [-0.25, -0.2) is 0 Å². The standard InChI is InChI=1S/C14H13N3O3S/c1-21-11-4-2-3-10(8-11)16-12-6-5-9(14(15)18)7-13(12)17(19)20/h2-8,16H,1H3,(H2,15,18). The molecule has 3 N–H and O–H groups in total. The monoisotopic (exact) mass is 303 g/mol. The smallest absolute Gasteiger partial charge is 0.293 e. The van der Waals surface area contributed by atoms with Crippen molar-refractivity contribution in [3.8, 4) is 0 Å². The zero-order valence-electron chi connectivity index (χ0n) is 11.2. The summed E-state index contributed by atoms with van der Waals surface area (Å²) in [5.41, 5.74) is 6.09. The number of nitro groups is 1. The van der Waals surface area contributed by atoms with Crippen molar-refractivity contribution in [3.63, 3.8) is 0 Å². The summed E-state index contributed by atoms with van der Waals surface area (Å²) < 4.78 is 0. The second-order valence-electron chi connectivity index (χ2n) is 4.21. The molecule has 0 aliphatic carbocycles. The summed E-state index contributed by atoms with van der Waals surface area (Å²) in [5.74, 6) is -0.700. The van der Waals surface area contributed by atoms with Gasteiger partial charge in [0.15, 0.2) is 0 Å². The fourth-order valence-electron chi connectivity index (χ4n) is 1.80. The van der Waals surface area contributed by atoms with Crippen molar-refractivity contribution in [3.05, 3.63) is 58.1 Å². The first-order chi connectivity index (χ1) is 10.0. The van der Waals surface area contributed by atoms with E-state index in [0.717, 1.165) is 10.6 Å². The number of nitrogens with two attached hydrogens (primary N) is 1. The van der Waals surface area contributed by atoms with Crippen LogP contribution in [-0.2, 0) is 0 Å². The molecule has 2 aromatic rings. The van der Waals surface area contributed by atoms with E-state index in [0.29, 0.717) is 5.69 Å². The molecular weight excluding hydrogens is 290 g/mol. The molecule has 0 bridgehead atoms. The number of anilines is 2. The van der Waals surface area contributed by atoms with E-state index in [1.54, 1.807) is 11.8 Å². The quantitative estimate of drug-likeness (QED) is 0.502. The summed E-state index contributed by atoms with van der Waals surface area (Å²) >= 11 is 1.58. The maximum absolute atomic E-state index is 11.1. The Morgan fingerprint density at radius 1 is 1.29 bits per heavy atom. The van der Waals surface area contributed by atoms with Crippen LogP contribution < -0.4 is 11.1 Å². The zero-order valence-corrected chi connectivity index (χ0v) is 12.0. The molecule has 0 aliphatic heterocycles. The highest BCUT2D eigenvalue weighted by Crippen LogP contribution is 2.29. The lowest BCUT2D eigenvalue weighted by Crippen LogP contribution is -2.11. The SMILES string of the molecule is CSc1cccc(Nc2ccc(C(N)=O)cc2[N+](=O)[O-])c1. The maximum Gasteiger partial charge on any atom is 0.293 e. The molecule has 0 saturated carbocycles. The van der Waals surface area contributed by atoms with Crippen molar-refractivity contribution in [2.45, 2.75) is 4.90 Å². The summed E-state index contributed by atoms with van der Waals surface area (Å²) in [7, 11) is 0. The fourth-order valence-corrected chi connectivity index (χ4v) is 2.26. The van der Waals surface area contributed by atoms with Crippen LogP contribution >= 0.6 is 11.8 Å². The number of carbonyl (C=O) groups is 1. The van der Waals surface area contributed by atoms with Gasteiger partial charge < -0.3 is 11.1 Å². The highest BCUT2D eigenvalue weighted by Gasteiger charge is 2.16. The number of hydrogen-bond donors (Lipinski definition) is 2.